The van der Waals surface area contributed by atoms with E-state index in [9.17, 15) is 0 Å². The summed E-state index contributed by atoms with van der Waals surface area (Å²) in [7, 11) is 0. The SMILES string of the molecule is CCC(C)N(SC(C)S)C(C)CC. The first-order valence-electron chi connectivity index (χ1n) is 5.16. The van der Waals surface area contributed by atoms with Gasteiger partial charge in [-0.1, -0.05) is 25.8 Å². The van der Waals surface area contributed by atoms with Crippen molar-refractivity contribution in [2.45, 2.75) is 64.1 Å². The third kappa shape index (κ3) is 5.18. The molecule has 0 saturated carbocycles. The van der Waals surface area contributed by atoms with Crippen molar-refractivity contribution in [3.63, 3.8) is 0 Å². The molecule has 0 aromatic rings. The van der Waals surface area contributed by atoms with E-state index in [1.165, 1.54) is 12.8 Å². The number of nitrogens with zero attached hydrogens (tertiary/aromatic N) is 1. The topological polar surface area (TPSA) is 3.24 Å². The first-order chi connectivity index (χ1) is 6.02. The summed E-state index contributed by atoms with van der Waals surface area (Å²) in [5.74, 6) is 0. The molecule has 3 atom stereocenters. The van der Waals surface area contributed by atoms with Crippen LogP contribution in [-0.4, -0.2) is 21.0 Å². The number of thiol groups is 1. The lowest BCUT2D eigenvalue weighted by Gasteiger charge is -2.33. The van der Waals surface area contributed by atoms with Crippen LogP contribution in [0.2, 0.25) is 0 Å². The highest BCUT2D eigenvalue weighted by molar-refractivity contribution is 8.08. The van der Waals surface area contributed by atoms with Crippen LogP contribution in [0.1, 0.15) is 47.5 Å². The number of hydrogen-bond donors (Lipinski definition) is 1. The zero-order chi connectivity index (χ0) is 10.4. The van der Waals surface area contributed by atoms with Crippen LogP contribution in [-0.2, 0) is 0 Å². The Kier molecular flexibility index (Phi) is 7.37. The summed E-state index contributed by atoms with van der Waals surface area (Å²) in [5, 5.41) is 0. The average Bonchev–Trinajstić information content (AvgIpc) is 2.11. The van der Waals surface area contributed by atoms with Gasteiger partial charge in [0.2, 0.25) is 0 Å². The van der Waals surface area contributed by atoms with E-state index >= 15 is 0 Å². The van der Waals surface area contributed by atoms with Crippen LogP contribution in [0.15, 0.2) is 0 Å². The second-order valence-electron chi connectivity index (χ2n) is 3.58. The molecule has 0 aromatic heterocycles. The Morgan fingerprint density at radius 1 is 1.08 bits per heavy atom. The molecule has 0 aliphatic carbocycles. The van der Waals surface area contributed by atoms with Crippen LogP contribution < -0.4 is 0 Å². The smallest absolute Gasteiger partial charge is 0.0591 e. The lowest BCUT2D eigenvalue weighted by atomic mass is 10.2. The van der Waals surface area contributed by atoms with E-state index < -0.39 is 0 Å². The fourth-order valence-corrected chi connectivity index (χ4v) is 2.57. The van der Waals surface area contributed by atoms with Gasteiger partial charge in [0.05, 0.1) is 4.58 Å². The maximum Gasteiger partial charge on any atom is 0.0591 e. The van der Waals surface area contributed by atoms with Crippen molar-refractivity contribution in [1.29, 1.82) is 0 Å². The zero-order valence-corrected chi connectivity index (χ0v) is 11.2. The standard InChI is InChI=1S/C10H23NS2/c1-6-8(3)11(9(4)7-2)13-10(5)12/h8-10,12H,6-7H2,1-5H3. The fourth-order valence-electron chi connectivity index (χ4n) is 1.18. The lowest BCUT2D eigenvalue weighted by Crippen LogP contribution is -2.34. The maximum absolute atomic E-state index is 4.43. The predicted octanol–water partition coefficient (Wildman–Crippen LogP) is 3.81. The van der Waals surface area contributed by atoms with Gasteiger partial charge in [0.15, 0.2) is 0 Å². The third-order valence-electron chi connectivity index (χ3n) is 2.32. The Hall–Kier alpha value is 0.660. The van der Waals surface area contributed by atoms with Gasteiger partial charge in [0.1, 0.15) is 0 Å². The minimum Gasteiger partial charge on any atom is -0.244 e. The molecule has 0 aliphatic rings. The molecule has 0 heterocycles. The first kappa shape index (κ1) is 13.7. The van der Waals surface area contributed by atoms with Crippen molar-refractivity contribution in [2.24, 2.45) is 0 Å². The summed E-state index contributed by atoms with van der Waals surface area (Å²) in [4.78, 5) is 0. The molecule has 13 heavy (non-hydrogen) atoms. The normalized spacial score (nSPS) is 18.7. The lowest BCUT2D eigenvalue weighted by molar-refractivity contribution is 0.289. The molecule has 3 unspecified atom stereocenters. The molecule has 0 radical (unpaired) electrons. The zero-order valence-electron chi connectivity index (χ0n) is 9.45. The average molecular weight is 221 g/mol. The maximum atomic E-state index is 4.43. The van der Waals surface area contributed by atoms with E-state index in [-0.39, 0.29) is 0 Å². The predicted molar refractivity (Wildman–Crippen MR) is 67.4 cm³/mol. The van der Waals surface area contributed by atoms with Crippen molar-refractivity contribution >= 4 is 24.6 Å². The van der Waals surface area contributed by atoms with Crippen molar-refractivity contribution in [1.82, 2.24) is 4.31 Å². The molecule has 80 valence electrons. The van der Waals surface area contributed by atoms with Gasteiger partial charge in [-0.05, 0) is 33.6 Å². The molecular formula is C10H23NS2. The Morgan fingerprint density at radius 2 is 1.46 bits per heavy atom. The van der Waals surface area contributed by atoms with Gasteiger partial charge >= 0.3 is 0 Å². The number of hydrogen-bond acceptors (Lipinski definition) is 3. The molecule has 1 nitrogen and oxygen atoms in total. The van der Waals surface area contributed by atoms with Crippen LogP contribution >= 0.6 is 24.6 Å². The molecule has 0 aromatic carbocycles. The summed E-state index contributed by atoms with van der Waals surface area (Å²) in [5.41, 5.74) is 0. The van der Waals surface area contributed by atoms with E-state index in [2.05, 4.69) is 51.6 Å². The molecule has 0 amide bonds. The molecule has 0 N–H and O–H groups in total. The third-order valence-corrected chi connectivity index (χ3v) is 3.88. The Labute approximate surface area is 93.2 Å². The van der Waals surface area contributed by atoms with Gasteiger partial charge in [-0.15, -0.1) is 0 Å². The Bertz CT molecular complexity index is 118. The Morgan fingerprint density at radius 3 is 1.69 bits per heavy atom. The van der Waals surface area contributed by atoms with Crippen molar-refractivity contribution in [3.8, 4) is 0 Å². The molecule has 0 saturated heterocycles. The fraction of sp³-hybridized carbons (Fsp3) is 1.00. The largest absolute Gasteiger partial charge is 0.244 e. The second-order valence-corrected chi connectivity index (χ2v) is 6.04. The monoisotopic (exact) mass is 221 g/mol. The van der Waals surface area contributed by atoms with Crippen LogP contribution in [0.3, 0.4) is 0 Å². The van der Waals surface area contributed by atoms with Crippen LogP contribution in [0.4, 0.5) is 0 Å². The highest BCUT2D eigenvalue weighted by atomic mass is 32.2. The van der Waals surface area contributed by atoms with E-state index in [4.69, 9.17) is 0 Å². The van der Waals surface area contributed by atoms with Gasteiger partial charge in [0.25, 0.3) is 0 Å². The summed E-state index contributed by atoms with van der Waals surface area (Å²) >= 11 is 6.29. The molecule has 0 rings (SSSR count). The molecule has 0 fully saturated rings. The number of rotatable bonds is 6. The van der Waals surface area contributed by atoms with Crippen molar-refractivity contribution in [2.75, 3.05) is 0 Å². The summed E-state index contributed by atoms with van der Waals surface area (Å²) in [6.45, 7) is 11.2. The van der Waals surface area contributed by atoms with E-state index in [1.807, 2.05) is 11.9 Å². The highest BCUT2D eigenvalue weighted by Crippen LogP contribution is 2.27. The van der Waals surface area contributed by atoms with E-state index in [1.54, 1.807) is 0 Å². The quantitative estimate of drug-likeness (QED) is 0.413. The van der Waals surface area contributed by atoms with Crippen LogP contribution in [0.25, 0.3) is 0 Å². The molecule has 0 bridgehead atoms. The van der Waals surface area contributed by atoms with Gasteiger partial charge in [-0.25, -0.2) is 4.31 Å². The minimum atomic E-state index is 0.392. The van der Waals surface area contributed by atoms with Crippen molar-refractivity contribution in [3.05, 3.63) is 0 Å². The Balaban J connectivity index is 4.17. The molecule has 3 heteroatoms. The van der Waals surface area contributed by atoms with Crippen molar-refractivity contribution < 1.29 is 0 Å². The van der Waals surface area contributed by atoms with Gasteiger partial charge in [-0.3, -0.25) is 0 Å². The molecular weight excluding hydrogens is 198 g/mol. The first-order valence-corrected chi connectivity index (χ1v) is 6.51. The second kappa shape index (κ2) is 7.02. The van der Waals surface area contributed by atoms with E-state index in [0.717, 1.165) is 0 Å². The van der Waals surface area contributed by atoms with Gasteiger partial charge in [0, 0.05) is 12.1 Å². The minimum absolute atomic E-state index is 0.392. The summed E-state index contributed by atoms with van der Waals surface area (Å²) < 4.78 is 2.88. The van der Waals surface area contributed by atoms with Crippen LogP contribution in [0.5, 0.6) is 0 Å². The summed E-state index contributed by atoms with van der Waals surface area (Å²) in [6.07, 6.45) is 2.41. The molecule has 0 spiro atoms. The molecule has 0 aliphatic heterocycles. The van der Waals surface area contributed by atoms with Gasteiger partial charge in [-0.2, -0.15) is 12.6 Å². The van der Waals surface area contributed by atoms with Gasteiger partial charge < -0.3 is 0 Å². The highest BCUT2D eigenvalue weighted by Gasteiger charge is 2.19. The van der Waals surface area contributed by atoms with Crippen LogP contribution in [0, 0.1) is 0 Å². The van der Waals surface area contributed by atoms with E-state index in [0.29, 0.717) is 16.7 Å². The summed E-state index contributed by atoms with van der Waals surface area (Å²) in [6, 6.07) is 1.30.